The summed E-state index contributed by atoms with van der Waals surface area (Å²) >= 11 is 0. The third-order valence-electron chi connectivity index (χ3n) is 6.07. The molecule has 0 unspecified atom stereocenters. The van der Waals surface area contributed by atoms with E-state index < -0.39 is 0 Å². The van der Waals surface area contributed by atoms with Crippen LogP contribution in [0.4, 0.5) is 0 Å². The van der Waals surface area contributed by atoms with Crippen LogP contribution in [0.5, 0.6) is 28.7 Å². The minimum absolute atomic E-state index is 0.0457. The molecule has 0 radical (unpaired) electrons. The normalized spacial score (nSPS) is 11.9. The van der Waals surface area contributed by atoms with Gasteiger partial charge in [-0.05, 0) is 35.9 Å². The second-order valence-electron chi connectivity index (χ2n) is 8.35. The van der Waals surface area contributed by atoms with E-state index in [2.05, 4.69) is 9.97 Å². The second-order valence-corrected chi connectivity index (χ2v) is 8.35. The number of carbonyl (C=O) groups excluding carboxylic acids is 1. The first-order valence-electron chi connectivity index (χ1n) is 11.4. The molecule has 3 heterocycles. The average Bonchev–Trinajstić information content (AvgIpc) is 3.38. The molecule has 10 nitrogen and oxygen atoms in total. The highest BCUT2D eigenvalue weighted by molar-refractivity contribution is 5.95. The number of aromatic amines is 1. The third kappa shape index (κ3) is 4.73. The molecule has 2 aromatic carbocycles. The summed E-state index contributed by atoms with van der Waals surface area (Å²) in [7, 11) is 4.47. The number of rotatable bonds is 8. The van der Waals surface area contributed by atoms with Crippen molar-refractivity contribution in [3.8, 4) is 28.7 Å². The van der Waals surface area contributed by atoms with Crippen LogP contribution >= 0.6 is 0 Å². The number of hydrogen-bond acceptors (Lipinski definition) is 8. The molecule has 2 aromatic heterocycles. The van der Waals surface area contributed by atoms with Crippen molar-refractivity contribution < 1.29 is 28.5 Å². The van der Waals surface area contributed by atoms with Gasteiger partial charge in [0, 0.05) is 41.5 Å². The molecule has 0 saturated heterocycles. The summed E-state index contributed by atoms with van der Waals surface area (Å²) in [6.07, 6.45) is 3.34. The zero-order valence-corrected chi connectivity index (χ0v) is 20.6. The zero-order chi connectivity index (χ0) is 25.9. The molecule has 0 fully saturated rings. The molecule has 1 aliphatic heterocycles. The minimum Gasteiger partial charge on any atom is -0.493 e. The van der Waals surface area contributed by atoms with E-state index in [1.165, 1.54) is 21.3 Å². The maximum absolute atomic E-state index is 13.8. The Bertz CT molecular complexity index is 1490. The Morgan fingerprint density at radius 3 is 2.38 bits per heavy atom. The predicted octanol–water partition coefficient (Wildman–Crippen LogP) is 3.52. The van der Waals surface area contributed by atoms with Crippen LogP contribution in [0, 0.1) is 0 Å². The number of amides is 1. The summed E-state index contributed by atoms with van der Waals surface area (Å²) in [6.45, 7) is 0.400. The number of nitrogens with one attached hydrogen (secondary N) is 1. The number of fused-ring (bicyclic) bond motifs is 2. The SMILES string of the molecule is COc1cc(C(=O)N(Cc2cccnc2)Cc2cc3cc4c(cc3[nH]c2=O)OCO4)cc(OC)c1OC. The molecular weight excluding hydrogens is 478 g/mol. The van der Waals surface area contributed by atoms with Crippen molar-refractivity contribution in [2.24, 2.45) is 0 Å². The summed E-state index contributed by atoms with van der Waals surface area (Å²) < 4.78 is 27.1. The van der Waals surface area contributed by atoms with E-state index in [1.807, 2.05) is 12.1 Å². The number of benzene rings is 2. The topological polar surface area (TPSA) is 112 Å². The molecule has 10 heteroatoms. The third-order valence-corrected chi connectivity index (χ3v) is 6.07. The van der Waals surface area contributed by atoms with Crippen LogP contribution in [0.2, 0.25) is 0 Å². The number of methoxy groups -OCH3 is 3. The first-order valence-corrected chi connectivity index (χ1v) is 11.4. The predicted molar refractivity (Wildman–Crippen MR) is 135 cm³/mol. The maximum atomic E-state index is 13.8. The highest BCUT2D eigenvalue weighted by Gasteiger charge is 2.23. The quantitative estimate of drug-likeness (QED) is 0.389. The molecule has 0 spiro atoms. The van der Waals surface area contributed by atoms with E-state index in [9.17, 15) is 9.59 Å². The van der Waals surface area contributed by atoms with Gasteiger partial charge in [-0.2, -0.15) is 0 Å². The van der Waals surface area contributed by atoms with E-state index in [0.29, 0.717) is 45.4 Å². The Morgan fingerprint density at radius 2 is 1.73 bits per heavy atom. The maximum Gasteiger partial charge on any atom is 0.254 e. The summed E-state index contributed by atoms with van der Waals surface area (Å²) in [5, 5.41) is 0.764. The molecule has 1 aliphatic rings. The van der Waals surface area contributed by atoms with Crippen molar-refractivity contribution >= 4 is 16.8 Å². The summed E-state index contributed by atoms with van der Waals surface area (Å²) in [5.74, 6) is 1.94. The number of nitrogens with zero attached hydrogens (tertiary/aromatic N) is 2. The van der Waals surface area contributed by atoms with Crippen molar-refractivity contribution in [1.29, 1.82) is 0 Å². The lowest BCUT2D eigenvalue weighted by Crippen LogP contribution is -2.32. The monoisotopic (exact) mass is 503 g/mol. The van der Waals surface area contributed by atoms with Gasteiger partial charge < -0.3 is 33.6 Å². The molecule has 0 atom stereocenters. The van der Waals surface area contributed by atoms with Crippen LogP contribution in [0.3, 0.4) is 0 Å². The van der Waals surface area contributed by atoms with Crippen LogP contribution < -0.4 is 29.2 Å². The van der Waals surface area contributed by atoms with Crippen molar-refractivity contribution in [3.05, 3.63) is 81.9 Å². The van der Waals surface area contributed by atoms with E-state index in [1.54, 1.807) is 47.6 Å². The first kappa shape index (κ1) is 24.0. The van der Waals surface area contributed by atoms with Crippen LogP contribution in [-0.2, 0) is 13.1 Å². The smallest absolute Gasteiger partial charge is 0.254 e. The Hall–Kier alpha value is -4.73. The number of pyridine rings is 2. The fourth-order valence-electron chi connectivity index (χ4n) is 4.26. The van der Waals surface area contributed by atoms with E-state index in [0.717, 1.165) is 10.9 Å². The highest BCUT2D eigenvalue weighted by Crippen LogP contribution is 2.39. The lowest BCUT2D eigenvalue weighted by Gasteiger charge is -2.24. The number of aromatic nitrogens is 2. The van der Waals surface area contributed by atoms with Gasteiger partial charge in [0.2, 0.25) is 12.5 Å². The van der Waals surface area contributed by atoms with Crippen molar-refractivity contribution in [1.82, 2.24) is 14.9 Å². The Labute approximate surface area is 212 Å². The Balaban J connectivity index is 1.54. The average molecular weight is 504 g/mol. The van der Waals surface area contributed by atoms with Crippen molar-refractivity contribution in [2.45, 2.75) is 13.1 Å². The molecule has 4 aromatic rings. The summed E-state index contributed by atoms with van der Waals surface area (Å²) in [4.78, 5) is 35.5. The number of carbonyl (C=O) groups is 1. The van der Waals surface area contributed by atoms with Gasteiger partial charge in [-0.25, -0.2) is 0 Å². The van der Waals surface area contributed by atoms with Gasteiger partial charge in [-0.15, -0.1) is 0 Å². The second kappa shape index (κ2) is 10.1. The molecule has 190 valence electrons. The fraction of sp³-hybridized carbons (Fsp3) is 0.222. The largest absolute Gasteiger partial charge is 0.493 e. The van der Waals surface area contributed by atoms with Gasteiger partial charge >= 0.3 is 0 Å². The lowest BCUT2D eigenvalue weighted by atomic mass is 10.1. The Kier molecular flexibility index (Phi) is 6.55. The van der Waals surface area contributed by atoms with E-state index in [4.69, 9.17) is 23.7 Å². The molecular formula is C27H25N3O7. The van der Waals surface area contributed by atoms with Crippen LogP contribution in [0.15, 0.2) is 59.7 Å². The van der Waals surface area contributed by atoms with Gasteiger partial charge in [0.05, 0.1) is 33.4 Å². The van der Waals surface area contributed by atoms with Crippen LogP contribution in [0.25, 0.3) is 10.9 Å². The number of hydrogen-bond donors (Lipinski definition) is 1. The number of H-pyrrole nitrogens is 1. The molecule has 0 aliphatic carbocycles. The van der Waals surface area contributed by atoms with Crippen LogP contribution in [-0.4, -0.2) is 48.9 Å². The zero-order valence-electron chi connectivity index (χ0n) is 20.6. The molecule has 0 saturated carbocycles. The minimum atomic E-state index is -0.326. The van der Waals surface area contributed by atoms with Crippen molar-refractivity contribution in [3.63, 3.8) is 0 Å². The summed E-state index contributed by atoms with van der Waals surface area (Å²) in [5.41, 5.74) is 1.85. The van der Waals surface area contributed by atoms with Gasteiger partial charge in [-0.3, -0.25) is 14.6 Å². The van der Waals surface area contributed by atoms with E-state index in [-0.39, 0.29) is 31.3 Å². The molecule has 37 heavy (non-hydrogen) atoms. The van der Waals surface area contributed by atoms with Gasteiger partial charge in [0.1, 0.15) is 0 Å². The van der Waals surface area contributed by atoms with Gasteiger partial charge in [0.15, 0.2) is 23.0 Å². The van der Waals surface area contributed by atoms with Crippen LogP contribution in [0.1, 0.15) is 21.5 Å². The van der Waals surface area contributed by atoms with Gasteiger partial charge in [0.25, 0.3) is 11.5 Å². The molecule has 1 amide bonds. The van der Waals surface area contributed by atoms with E-state index >= 15 is 0 Å². The van der Waals surface area contributed by atoms with Crippen molar-refractivity contribution in [2.75, 3.05) is 28.1 Å². The standard InChI is InChI=1S/C27H25N3O7/c1-33-23-9-18(10-24(34-2)25(23)35-3)27(32)30(13-16-5-4-6-28-12-16)14-19-7-17-8-21-22(37-15-36-21)11-20(17)29-26(19)31/h4-12H,13-15H2,1-3H3,(H,29,31). The molecule has 0 bridgehead atoms. The lowest BCUT2D eigenvalue weighted by molar-refractivity contribution is 0.0728. The summed E-state index contributed by atoms with van der Waals surface area (Å²) in [6, 6.07) is 12.1. The molecule has 5 rings (SSSR count). The first-order chi connectivity index (χ1) is 18.0. The number of ether oxygens (including phenoxy) is 5. The fourth-order valence-corrected chi connectivity index (χ4v) is 4.26. The van der Waals surface area contributed by atoms with Gasteiger partial charge in [-0.1, -0.05) is 6.07 Å². The molecule has 1 N–H and O–H groups in total. The Morgan fingerprint density at radius 1 is 1.00 bits per heavy atom. The highest BCUT2D eigenvalue weighted by atomic mass is 16.7.